The van der Waals surface area contributed by atoms with Crippen molar-refractivity contribution in [1.82, 2.24) is 25.3 Å². The Hall–Kier alpha value is -4.81. The minimum atomic E-state index is -4.52. The third kappa shape index (κ3) is 4.70. The first-order valence-electron chi connectivity index (χ1n) is 11.0. The van der Waals surface area contributed by atoms with Crippen molar-refractivity contribution >= 4 is 34.4 Å². The van der Waals surface area contributed by atoms with E-state index in [-0.39, 0.29) is 12.1 Å². The van der Waals surface area contributed by atoms with E-state index in [4.69, 9.17) is 5.11 Å². The molecule has 1 aliphatic rings. The zero-order chi connectivity index (χ0) is 26.3. The van der Waals surface area contributed by atoms with Crippen LogP contribution in [0.5, 0.6) is 0 Å². The summed E-state index contributed by atoms with van der Waals surface area (Å²) in [6.45, 7) is 1.58. The van der Waals surface area contributed by atoms with E-state index in [9.17, 15) is 22.8 Å². The molecule has 10 nitrogen and oxygen atoms in total. The van der Waals surface area contributed by atoms with Crippen LogP contribution in [-0.2, 0) is 17.5 Å². The monoisotopic (exact) mass is 511 g/mol. The summed E-state index contributed by atoms with van der Waals surface area (Å²) >= 11 is 0. The zero-order valence-electron chi connectivity index (χ0n) is 19.2. The topological polar surface area (TPSA) is 137 Å². The number of anilines is 2. The lowest BCUT2D eigenvalue weighted by Crippen LogP contribution is -2.31. The molecule has 2 aromatic carbocycles. The Morgan fingerprint density at radius 2 is 1.89 bits per heavy atom. The summed E-state index contributed by atoms with van der Waals surface area (Å²) < 4.78 is 41.0. The number of halogens is 3. The Balaban J connectivity index is 1.54. The molecule has 2 amide bonds. The lowest BCUT2D eigenvalue weighted by Gasteiger charge is -2.30. The first-order chi connectivity index (χ1) is 17.6. The van der Waals surface area contributed by atoms with Gasteiger partial charge in [0.25, 0.3) is 5.91 Å². The second kappa shape index (κ2) is 9.00. The number of rotatable bonds is 5. The molecule has 5 rings (SSSR count). The first-order valence-corrected chi connectivity index (χ1v) is 11.0. The van der Waals surface area contributed by atoms with Gasteiger partial charge in [0.1, 0.15) is 11.9 Å². The maximum atomic E-state index is 13.6. The first kappa shape index (κ1) is 23.9. The Morgan fingerprint density at radius 1 is 1.14 bits per heavy atom. The van der Waals surface area contributed by atoms with Gasteiger partial charge >= 0.3 is 12.3 Å². The van der Waals surface area contributed by atoms with E-state index >= 15 is 0 Å². The molecule has 0 bridgehead atoms. The largest absolute Gasteiger partial charge is 0.465 e. The molecule has 0 spiro atoms. The molecule has 2 aromatic heterocycles. The van der Waals surface area contributed by atoms with Crippen LogP contribution in [0.3, 0.4) is 0 Å². The number of nitrogens with one attached hydrogen (secondary N) is 4. The van der Waals surface area contributed by atoms with Gasteiger partial charge in [-0.25, -0.2) is 9.48 Å². The summed E-state index contributed by atoms with van der Waals surface area (Å²) in [6.07, 6.45) is -4.13. The van der Waals surface area contributed by atoms with E-state index in [1.165, 1.54) is 16.8 Å². The lowest BCUT2D eigenvalue weighted by molar-refractivity contribution is -0.137. The van der Waals surface area contributed by atoms with Crippen LogP contribution < -0.4 is 16.0 Å². The highest BCUT2D eigenvalue weighted by Gasteiger charge is 2.35. The van der Waals surface area contributed by atoms with Crippen LogP contribution >= 0.6 is 0 Å². The van der Waals surface area contributed by atoms with E-state index in [2.05, 4.69) is 31.2 Å². The molecule has 37 heavy (non-hydrogen) atoms. The number of nitrogens with zero attached hydrogens (tertiary/aromatic N) is 3. The summed E-state index contributed by atoms with van der Waals surface area (Å²) in [7, 11) is 0. The molecule has 0 fully saturated rings. The third-order valence-corrected chi connectivity index (χ3v) is 5.94. The molecule has 4 aromatic rings. The average molecular weight is 511 g/mol. The molecule has 1 aliphatic heterocycles. The Kier molecular flexibility index (Phi) is 5.82. The van der Waals surface area contributed by atoms with E-state index in [0.29, 0.717) is 28.5 Å². The van der Waals surface area contributed by atoms with Crippen molar-refractivity contribution in [2.75, 3.05) is 10.6 Å². The number of alkyl halides is 3. The maximum absolute atomic E-state index is 13.6. The predicted molar refractivity (Wildman–Crippen MR) is 128 cm³/mol. The van der Waals surface area contributed by atoms with Gasteiger partial charge in [0.2, 0.25) is 0 Å². The van der Waals surface area contributed by atoms with E-state index in [1.807, 2.05) is 0 Å². The second-order valence-corrected chi connectivity index (χ2v) is 8.44. The number of benzene rings is 2. The van der Waals surface area contributed by atoms with Crippen LogP contribution in [0, 0.1) is 0 Å². The summed E-state index contributed by atoms with van der Waals surface area (Å²) in [5.74, 6) is -0.0231. The van der Waals surface area contributed by atoms with Gasteiger partial charge in [0, 0.05) is 22.8 Å². The maximum Gasteiger partial charge on any atom is 0.416 e. The molecule has 0 saturated heterocycles. The highest BCUT2D eigenvalue weighted by molar-refractivity contribution is 6.06. The minimum absolute atomic E-state index is 0.0952. The fraction of sp³-hybridized carbons (Fsp3) is 0.167. The number of carbonyl (C=O) groups is 2. The highest BCUT2D eigenvalue weighted by atomic mass is 19.4. The average Bonchev–Trinajstić information content (AvgIpc) is 3.47. The van der Waals surface area contributed by atoms with Gasteiger partial charge < -0.3 is 21.1 Å². The molecular weight excluding hydrogens is 491 g/mol. The summed E-state index contributed by atoms with van der Waals surface area (Å²) in [5.41, 5.74) is 1.93. The van der Waals surface area contributed by atoms with Gasteiger partial charge in [-0.05, 0) is 42.8 Å². The van der Waals surface area contributed by atoms with Gasteiger partial charge in [0.15, 0.2) is 0 Å². The summed E-state index contributed by atoms with van der Waals surface area (Å²) in [5, 5.41) is 29.1. The van der Waals surface area contributed by atoms with Gasteiger partial charge in [-0.2, -0.15) is 23.4 Å². The van der Waals surface area contributed by atoms with Crippen molar-refractivity contribution in [3.05, 3.63) is 82.8 Å². The second-order valence-electron chi connectivity index (χ2n) is 8.44. The molecule has 13 heteroatoms. The van der Waals surface area contributed by atoms with Crippen molar-refractivity contribution in [2.45, 2.75) is 25.7 Å². The molecule has 0 radical (unpaired) electrons. The number of hydrogen-bond donors (Lipinski definition) is 5. The van der Waals surface area contributed by atoms with Crippen molar-refractivity contribution in [1.29, 1.82) is 0 Å². The quantitative estimate of drug-likeness (QED) is 0.268. The van der Waals surface area contributed by atoms with Crippen molar-refractivity contribution in [2.24, 2.45) is 0 Å². The lowest BCUT2D eigenvalue weighted by atomic mass is 9.94. The fourth-order valence-corrected chi connectivity index (χ4v) is 4.25. The van der Waals surface area contributed by atoms with Gasteiger partial charge in [-0.1, -0.05) is 12.1 Å². The number of allylic oxidation sites excluding steroid dienone is 1. The standard InChI is InChI=1S/C24H20F3N7O3/c1-12-20(22(35)31-16-6-7-18-14(8-16)10-29-32-18)21(13-2-4-15(5-3-13)24(25,26)27)34-19(30-12)9-17(33-34)11-28-23(36)37/h2-10,21,28,30H,11H2,1H3,(H,29,32)(H,31,35)(H,36,37). The zero-order valence-corrected chi connectivity index (χ0v) is 19.2. The third-order valence-electron chi connectivity index (χ3n) is 5.94. The number of carbonyl (C=O) groups excluding carboxylic acids is 1. The number of H-pyrrole nitrogens is 1. The van der Waals surface area contributed by atoms with Gasteiger partial charge in [-0.15, -0.1) is 0 Å². The van der Waals surface area contributed by atoms with E-state index in [0.717, 1.165) is 23.0 Å². The van der Waals surface area contributed by atoms with Gasteiger partial charge in [-0.3, -0.25) is 9.89 Å². The van der Waals surface area contributed by atoms with Crippen molar-refractivity contribution < 1.29 is 27.9 Å². The highest BCUT2D eigenvalue weighted by Crippen LogP contribution is 2.38. The Labute approximate surface area is 207 Å². The molecular formula is C24H20F3N7O3. The molecule has 0 saturated carbocycles. The smallest absolute Gasteiger partial charge is 0.416 e. The Bertz CT molecular complexity index is 1540. The summed E-state index contributed by atoms with van der Waals surface area (Å²) in [4.78, 5) is 24.5. The van der Waals surface area contributed by atoms with Crippen LogP contribution in [0.2, 0.25) is 0 Å². The van der Waals surface area contributed by atoms with Crippen LogP contribution in [0.1, 0.15) is 29.8 Å². The predicted octanol–water partition coefficient (Wildman–Crippen LogP) is 4.47. The van der Waals surface area contributed by atoms with Crippen LogP contribution in [0.25, 0.3) is 10.9 Å². The van der Waals surface area contributed by atoms with Crippen LogP contribution in [0.4, 0.5) is 29.5 Å². The number of carboxylic acid groups (broad SMARTS) is 1. The van der Waals surface area contributed by atoms with Crippen LogP contribution in [-0.4, -0.2) is 37.1 Å². The fourth-order valence-electron chi connectivity index (χ4n) is 4.25. The molecule has 1 atom stereocenters. The van der Waals surface area contributed by atoms with Crippen molar-refractivity contribution in [3.63, 3.8) is 0 Å². The molecule has 1 unspecified atom stereocenters. The number of fused-ring (bicyclic) bond motifs is 2. The van der Waals surface area contributed by atoms with E-state index < -0.39 is 29.8 Å². The molecule has 0 aliphatic carbocycles. The molecule has 190 valence electrons. The number of aromatic amines is 1. The number of hydrogen-bond acceptors (Lipinski definition) is 5. The van der Waals surface area contributed by atoms with Crippen molar-refractivity contribution in [3.8, 4) is 0 Å². The van der Waals surface area contributed by atoms with Crippen LogP contribution in [0.15, 0.2) is 66.0 Å². The normalized spacial score (nSPS) is 15.3. The Morgan fingerprint density at radius 3 is 2.59 bits per heavy atom. The SMILES string of the molecule is CC1=C(C(=O)Nc2ccc3[nH]ncc3c2)C(c2ccc(C(F)(F)F)cc2)n2nc(CNC(=O)O)cc2N1. The minimum Gasteiger partial charge on any atom is -0.465 e. The number of amides is 2. The van der Waals surface area contributed by atoms with Gasteiger partial charge in [0.05, 0.1) is 35.1 Å². The molecule has 5 N–H and O–H groups in total. The van der Waals surface area contributed by atoms with E-state index in [1.54, 1.807) is 37.4 Å². The number of aromatic nitrogens is 4. The summed E-state index contributed by atoms with van der Waals surface area (Å²) in [6, 6.07) is 10.4. The molecule has 3 heterocycles.